The van der Waals surface area contributed by atoms with Crippen LogP contribution < -0.4 is 10.1 Å². The molecule has 0 aromatic heterocycles. The summed E-state index contributed by atoms with van der Waals surface area (Å²) >= 11 is 0. The summed E-state index contributed by atoms with van der Waals surface area (Å²) in [6.45, 7) is 8.27. The van der Waals surface area contributed by atoms with Gasteiger partial charge in [-0.15, -0.1) is 0 Å². The van der Waals surface area contributed by atoms with Crippen molar-refractivity contribution in [2.75, 3.05) is 13.2 Å². The molecule has 0 saturated heterocycles. The van der Waals surface area contributed by atoms with Gasteiger partial charge in [-0.25, -0.2) is 0 Å². The van der Waals surface area contributed by atoms with Crippen molar-refractivity contribution in [3.05, 3.63) is 29.8 Å². The predicted molar refractivity (Wildman–Crippen MR) is 74.8 cm³/mol. The monoisotopic (exact) mass is 251 g/mol. The molecule has 0 heterocycles. The highest BCUT2D eigenvalue weighted by Gasteiger charge is 2.07. The van der Waals surface area contributed by atoms with Crippen molar-refractivity contribution in [2.45, 2.75) is 39.8 Å². The molecule has 1 rings (SSSR count). The molecule has 102 valence electrons. The van der Waals surface area contributed by atoms with Crippen LogP contribution >= 0.6 is 0 Å². The average molecular weight is 251 g/mol. The number of hydrogen-bond acceptors (Lipinski definition) is 3. The minimum absolute atomic E-state index is 0.287. The topological polar surface area (TPSA) is 41.5 Å². The van der Waals surface area contributed by atoms with Crippen LogP contribution in [0, 0.1) is 5.92 Å². The molecule has 1 aromatic rings. The third-order valence-corrected chi connectivity index (χ3v) is 2.82. The van der Waals surface area contributed by atoms with E-state index in [1.54, 1.807) is 0 Å². The van der Waals surface area contributed by atoms with E-state index >= 15 is 0 Å². The Balaban J connectivity index is 2.37. The van der Waals surface area contributed by atoms with Gasteiger partial charge in [0.1, 0.15) is 5.75 Å². The lowest BCUT2D eigenvalue weighted by Gasteiger charge is -2.15. The summed E-state index contributed by atoms with van der Waals surface area (Å²) in [6.07, 6.45) is 0.729. The highest BCUT2D eigenvalue weighted by molar-refractivity contribution is 5.28. The summed E-state index contributed by atoms with van der Waals surface area (Å²) in [5.41, 5.74) is 1.18. The van der Waals surface area contributed by atoms with Crippen LogP contribution in [0.15, 0.2) is 24.3 Å². The van der Waals surface area contributed by atoms with E-state index in [0.717, 1.165) is 25.3 Å². The molecule has 3 heteroatoms. The summed E-state index contributed by atoms with van der Waals surface area (Å²) in [5, 5.41) is 12.9. The van der Waals surface area contributed by atoms with Crippen molar-refractivity contribution in [1.29, 1.82) is 0 Å². The fourth-order valence-corrected chi connectivity index (χ4v) is 1.57. The molecule has 0 amide bonds. The Kier molecular flexibility index (Phi) is 6.76. The van der Waals surface area contributed by atoms with Gasteiger partial charge in [0.25, 0.3) is 0 Å². The van der Waals surface area contributed by atoms with Crippen molar-refractivity contribution in [3.63, 3.8) is 0 Å². The molecule has 0 aliphatic carbocycles. The van der Waals surface area contributed by atoms with Gasteiger partial charge in [0.2, 0.25) is 0 Å². The average Bonchev–Trinajstić information content (AvgIpc) is 2.36. The fourth-order valence-electron chi connectivity index (χ4n) is 1.57. The third kappa shape index (κ3) is 5.52. The maximum atomic E-state index is 9.69. The molecular weight excluding hydrogens is 226 g/mol. The van der Waals surface area contributed by atoms with Crippen molar-refractivity contribution < 1.29 is 9.84 Å². The first-order chi connectivity index (χ1) is 8.63. The zero-order valence-electron chi connectivity index (χ0n) is 11.6. The van der Waals surface area contributed by atoms with Crippen LogP contribution in [0.3, 0.4) is 0 Å². The molecule has 18 heavy (non-hydrogen) atoms. The van der Waals surface area contributed by atoms with Crippen LogP contribution in [0.5, 0.6) is 5.75 Å². The van der Waals surface area contributed by atoms with E-state index in [1.165, 1.54) is 5.56 Å². The highest BCUT2D eigenvalue weighted by Crippen LogP contribution is 2.13. The Morgan fingerprint density at radius 3 is 2.78 bits per heavy atom. The number of benzene rings is 1. The van der Waals surface area contributed by atoms with Gasteiger partial charge in [0, 0.05) is 13.1 Å². The van der Waals surface area contributed by atoms with E-state index in [4.69, 9.17) is 4.74 Å². The van der Waals surface area contributed by atoms with E-state index in [9.17, 15) is 5.11 Å². The summed E-state index contributed by atoms with van der Waals surface area (Å²) in [6, 6.07) is 8.08. The van der Waals surface area contributed by atoms with Gasteiger partial charge in [0.05, 0.1) is 12.7 Å². The summed E-state index contributed by atoms with van der Waals surface area (Å²) < 4.78 is 5.58. The fraction of sp³-hybridized carbons (Fsp3) is 0.600. The molecule has 0 aliphatic rings. The van der Waals surface area contributed by atoms with Crippen molar-refractivity contribution in [2.24, 2.45) is 5.92 Å². The van der Waals surface area contributed by atoms with Gasteiger partial charge in [-0.05, 0) is 30.0 Å². The molecule has 1 unspecified atom stereocenters. The normalized spacial score (nSPS) is 12.7. The molecule has 0 saturated carbocycles. The van der Waals surface area contributed by atoms with Crippen molar-refractivity contribution in [3.8, 4) is 5.75 Å². The first kappa shape index (κ1) is 15.0. The largest absolute Gasteiger partial charge is 0.494 e. The SMILES string of the molecule is CCCOc1cccc(CNCC(O)C(C)C)c1. The summed E-state index contributed by atoms with van der Waals surface area (Å²) in [5.74, 6) is 1.21. The zero-order chi connectivity index (χ0) is 13.4. The lowest BCUT2D eigenvalue weighted by molar-refractivity contribution is 0.123. The van der Waals surface area contributed by atoms with E-state index in [2.05, 4.69) is 18.3 Å². The van der Waals surface area contributed by atoms with E-state index in [1.807, 2.05) is 32.0 Å². The van der Waals surface area contributed by atoms with Gasteiger partial charge >= 0.3 is 0 Å². The van der Waals surface area contributed by atoms with E-state index in [-0.39, 0.29) is 12.0 Å². The first-order valence-electron chi connectivity index (χ1n) is 6.74. The lowest BCUT2D eigenvalue weighted by atomic mass is 10.1. The summed E-state index contributed by atoms with van der Waals surface area (Å²) in [4.78, 5) is 0. The number of hydrogen-bond donors (Lipinski definition) is 2. The minimum Gasteiger partial charge on any atom is -0.494 e. The minimum atomic E-state index is -0.287. The van der Waals surface area contributed by atoms with Crippen LogP contribution in [0.25, 0.3) is 0 Å². The van der Waals surface area contributed by atoms with Crippen LogP contribution in [0.4, 0.5) is 0 Å². The third-order valence-electron chi connectivity index (χ3n) is 2.82. The summed E-state index contributed by atoms with van der Waals surface area (Å²) in [7, 11) is 0. The lowest BCUT2D eigenvalue weighted by Crippen LogP contribution is -2.30. The van der Waals surface area contributed by atoms with Gasteiger partial charge in [-0.2, -0.15) is 0 Å². The number of ether oxygens (including phenoxy) is 1. The van der Waals surface area contributed by atoms with Crippen LogP contribution in [0.1, 0.15) is 32.8 Å². The molecule has 1 atom stereocenters. The van der Waals surface area contributed by atoms with Crippen molar-refractivity contribution >= 4 is 0 Å². The Labute approximate surface area is 110 Å². The predicted octanol–water partition coefficient (Wildman–Crippen LogP) is 2.58. The smallest absolute Gasteiger partial charge is 0.119 e. The Morgan fingerprint density at radius 1 is 1.33 bits per heavy atom. The van der Waals surface area contributed by atoms with Crippen LogP contribution in [-0.2, 0) is 6.54 Å². The number of nitrogens with one attached hydrogen (secondary N) is 1. The van der Waals surface area contributed by atoms with E-state index in [0.29, 0.717) is 6.54 Å². The molecule has 3 nitrogen and oxygen atoms in total. The highest BCUT2D eigenvalue weighted by atomic mass is 16.5. The van der Waals surface area contributed by atoms with Crippen LogP contribution in [0.2, 0.25) is 0 Å². The number of aliphatic hydroxyl groups is 1. The molecule has 0 aliphatic heterocycles. The molecular formula is C15H25NO2. The maximum Gasteiger partial charge on any atom is 0.119 e. The van der Waals surface area contributed by atoms with Gasteiger partial charge in [0.15, 0.2) is 0 Å². The zero-order valence-corrected chi connectivity index (χ0v) is 11.6. The Morgan fingerprint density at radius 2 is 2.11 bits per heavy atom. The van der Waals surface area contributed by atoms with Gasteiger partial charge < -0.3 is 15.2 Å². The second-order valence-electron chi connectivity index (χ2n) is 4.94. The van der Waals surface area contributed by atoms with Gasteiger partial charge in [-0.3, -0.25) is 0 Å². The molecule has 0 radical (unpaired) electrons. The Bertz CT molecular complexity index is 339. The standard InChI is InChI=1S/C15H25NO2/c1-4-8-18-14-7-5-6-13(9-14)10-16-11-15(17)12(2)3/h5-7,9,12,15-17H,4,8,10-11H2,1-3H3. The quantitative estimate of drug-likeness (QED) is 0.746. The maximum absolute atomic E-state index is 9.69. The second kappa shape index (κ2) is 8.11. The first-order valence-corrected chi connectivity index (χ1v) is 6.74. The molecule has 1 aromatic carbocycles. The molecule has 0 fully saturated rings. The molecule has 0 bridgehead atoms. The second-order valence-corrected chi connectivity index (χ2v) is 4.94. The molecule has 0 spiro atoms. The van der Waals surface area contributed by atoms with Crippen LogP contribution in [-0.4, -0.2) is 24.4 Å². The van der Waals surface area contributed by atoms with E-state index < -0.39 is 0 Å². The number of aliphatic hydroxyl groups excluding tert-OH is 1. The van der Waals surface area contributed by atoms with Crippen molar-refractivity contribution in [1.82, 2.24) is 5.32 Å². The number of rotatable bonds is 8. The van der Waals surface area contributed by atoms with Gasteiger partial charge in [-0.1, -0.05) is 32.9 Å². The molecule has 2 N–H and O–H groups in total. The Hall–Kier alpha value is -1.06.